The van der Waals surface area contributed by atoms with E-state index in [4.69, 9.17) is 0 Å². The normalized spacial score (nSPS) is 23.5. The Morgan fingerprint density at radius 1 is 1.23 bits per heavy atom. The molecule has 26 heavy (non-hydrogen) atoms. The second kappa shape index (κ2) is 9.03. The molecule has 142 valence electrons. The molecule has 3 rings (SSSR count). The average Bonchev–Trinajstić information content (AvgIpc) is 3.26. The van der Waals surface area contributed by atoms with Gasteiger partial charge in [0.1, 0.15) is 0 Å². The van der Waals surface area contributed by atoms with E-state index in [1.807, 2.05) is 36.1 Å². The lowest BCUT2D eigenvalue weighted by Gasteiger charge is -2.18. The van der Waals surface area contributed by atoms with E-state index in [0.29, 0.717) is 18.9 Å². The zero-order valence-corrected chi connectivity index (χ0v) is 15.6. The molecule has 1 aliphatic heterocycles. The van der Waals surface area contributed by atoms with E-state index in [9.17, 15) is 9.90 Å². The van der Waals surface area contributed by atoms with Crippen LogP contribution in [0.15, 0.2) is 29.3 Å². The van der Waals surface area contributed by atoms with Crippen molar-refractivity contribution in [2.24, 2.45) is 10.9 Å². The number of carbonyl (C=O) groups is 1. The van der Waals surface area contributed by atoms with Gasteiger partial charge in [0.15, 0.2) is 5.96 Å². The summed E-state index contributed by atoms with van der Waals surface area (Å²) in [6.07, 6.45) is 4.49. The van der Waals surface area contributed by atoms with E-state index >= 15 is 0 Å². The standard InChI is InChI=1S/C20H30N4O2/c1-2-21-20(23-14-16-5-3-6-18(16)25)22-13-15-8-10-17(11-9-15)24-12-4-7-19(24)26/h8-11,16,18,25H,2-7,12-14H2,1H3,(H2,21,22,23). The minimum Gasteiger partial charge on any atom is -0.393 e. The average molecular weight is 358 g/mol. The first kappa shape index (κ1) is 18.7. The Hall–Kier alpha value is -2.08. The lowest BCUT2D eigenvalue weighted by molar-refractivity contribution is -0.117. The fourth-order valence-corrected chi connectivity index (χ4v) is 3.70. The first-order valence-electron chi connectivity index (χ1n) is 9.77. The lowest BCUT2D eigenvalue weighted by Crippen LogP contribution is -2.41. The molecule has 1 aliphatic carbocycles. The van der Waals surface area contributed by atoms with E-state index in [0.717, 1.165) is 62.5 Å². The number of hydrogen-bond donors (Lipinski definition) is 3. The first-order valence-corrected chi connectivity index (χ1v) is 9.77. The molecule has 0 spiro atoms. The van der Waals surface area contributed by atoms with Crippen LogP contribution in [-0.4, -0.2) is 42.7 Å². The Morgan fingerprint density at radius 3 is 2.65 bits per heavy atom. The summed E-state index contributed by atoms with van der Waals surface area (Å²) in [6, 6.07) is 8.08. The molecule has 1 saturated heterocycles. The van der Waals surface area contributed by atoms with Crippen molar-refractivity contribution in [3.05, 3.63) is 29.8 Å². The molecule has 2 unspecified atom stereocenters. The highest BCUT2D eigenvalue weighted by Gasteiger charge is 2.25. The molecular formula is C20H30N4O2. The van der Waals surface area contributed by atoms with E-state index in [2.05, 4.69) is 15.6 Å². The number of guanidine groups is 1. The molecule has 0 radical (unpaired) electrons. The van der Waals surface area contributed by atoms with E-state index < -0.39 is 0 Å². The molecule has 6 nitrogen and oxygen atoms in total. The highest BCUT2D eigenvalue weighted by molar-refractivity contribution is 5.95. The van der Waals surface area contributed by atoms with Crippen molar-refractivity contribution in [1.82, 2.24) is 10.6 Å². The second-order valence-electron chi connectivity index (χ2n) is 7.15. The van der Waals surface area contributed by atoms with Crippen molar-refractivity contribution in [3.8, 4) is 0 Å². The second-order valence-corrected chi connectivity index (χ2v) is 7.15. The molecule has 0 aromatic heterocycles. The van der Waals surface area contributed by atoms with Crippen molar-refractivity contribution in [2.45, 2.75) is 51.7 Å². The highest BCUT2D eigenvalue weighted by Crippen LogP contribution is 2.24. The molecule has 2 atom stereocenters. The van der Waals surface area contributed by atoms with Crippen LogP contribution in [0.3, 0.4) is 0 Å². The molecule has 1 amide bonds. The maximum Gasteiger partial charge on any atom is 0.227 e. The van der Waals surface area contributed by atoms with E-state index in [-0.39, 0.29) is 12.0 Å². The Labute approximate surface area is 155 Å². The van der Waals surface area contributed by atoms with Gasteiger partial charge in [0, 0.05) is 37.7 Å². The summed E-state index contributed by atoms with van der Waals surface area (Å²) in [5.41, 5.74) is 2.08. The Bertz CT molecular complexity index is 629. The molecule has 0 bridgehead atoms. The van der Waals surface area contributed by atoms with Gasteiger partial charge in [-0.15, -0.1) is 0 Å². The first-order chi connectivity index (χ1) is 12.7. The van der Waals surface area contributed by atoms with Crippen LogP contribution in [0.2, 0.25) is 0 Å². The van der Waals surface area contributed by atoms with Gasteiger partial charge < -0.3 is 20.6 Å². The summed E-state index contributed by atoms with van der Waals surface area (Å²) in [5.74, 6) is 1.31. The van der Waals surface area contributed by atoms with E-state index in [1.165, 1.54) is 0 Å². The third kappa shape index (κ3) is 4.75. The fraction of sp³-hybridized carbons (Fsp3) is 0.600. The van der Waals surface area contributed by atoms with Gasteiger partial charge in [-0.3, -0.25) is 4.79 Å². The van der Waals surface area contributed by atoms with Crippen molar-refractivity contribution < 1.29 is 9.90 Å². The molecule has 1 aromatic rings. The predicted molar refractivity (Wildman–Crippen MR) is 104 cm³/mol. The number of aliphatic imine (C=N–C) groups is 1. The van der Waals surface area contributed by atoms with Crippen molar-refractivity contribution >= 4 is 17.6 Å². The number of benzene rings is 1. The Kier molecular flexibility index (Phi) is 6.50. The quantitative estimate of drug-likeness (QED) is 0.537. The third-order valence-corrected chi connectivity index (χ3v) is 5.24. The Morgan fingerprint density at radius 2 is 2.04 bits per heavy atom. The van der Waals surface area contributed by atoms with Crippen LogP contribution in [0.4, 0.5) is 5.69 Å². The van der Waals surface area contributed by atoms with Gasteiger partial charge >= 0.3 is 0 Å². The van der Waals surface area contributed by atoms with Crippen LogP contribution in [0.1, 0.15) is 44.6 Å². The Balaban J connectivity index is 1.55. The minimum absolute atomic E-state index is 0.189. The molecule has 1 heterocycles. The fourth-order valence-electron chi connectivity index (χ4n) is 3.70. The van der Waals surface area contributed by atoms with Gasteiger partial charge in [0.25, 0.3) is 0 Å². The van der Waals surface area contributed by atoms with Crippen LogP contribution in [0, 0.1) is 5.92 Å². The molecule has 3 N–H and O–H groups in total. The molecule has 1 saturated carbocycles. The van der Waals surface area contributed by atoms with Crippen molar-refractivity contribution in [1.29, 1.82) is 0 Å². The molecule has 2 aliphatic rings. The van der Waals surface area contributed by atoms with Crippen molar-refractivity contribution in [2.75, 3.05) is 24.5 Å². The number of nitrogens with zero attached hydrogens (tertiary/aromatic N) is 2. The lowest BCUT2D eigenvalue weighted by atomic mass is 10.1. The van der Waals surface area contributed by atoms with Gasteiger partial charge in [-0.05, 0) is 43.9 Å². The van der Waals surface area contributed by atoms with Gasteiger partial charge in [0.05, 0.1) is 12.6 Å². The summed E-state index contributed by atoms with van der Waals surface area (Å²) in [7, 11) is 0. The number of carbonyl (C=O) groups excluding carboxylic acids is 1. The highest BCUT2D eigenvalue weighted by atomic mass is 16.3. The minimum atomic E-state index is -0.189. The van der Waals surface area contributed by atoms with Gasteiger partial charge in [-0.1, -0.05) is 18.6 Å². The maximum atomic E-state index is 11.8. The number of aliphatic hydroxyl groups is 1. The third-order valence-electron chi connectivity index (χ3n) is 5.24. The molecule has 2 fully saturated rings. The predicted octanol–water partition coefficient (Wildman–Crippen LogP) is 2.03. The van der Waals surface area contributed by atoms with Crippen molar-refractivity contribution in [3.63, 3.8) is 0 Å². The largest absolute Gasteiger partial charge is 0.393 e. The smallest absolute Gasteiger partial charge is 0.227 e. The summed E-state index contributed by atoms with van der Waals surface area (Å²) < 4.78 is 0. The number of aliphatic hydroxyl groups excluding tert-OH is 1. The van der Waals surface area contributed by atoms with Crippen LogP contribution in [-0.2, 0) is 11.3 Å². The van der Waals surface area contributed by atoms with E-state index in [1.54, 1.807) is 0 Å². The molecular weight excluding hydrogens is 328 g/mol. The zero-order valence-electron chi connectivity index (χ0n) is 15.6. The number of anilines is 1. The van der Waals surface area contributed by atoms with Gasteiger partial charge in [0.2, 0.25) is 5.91 Å². The van der Waals surface area contributed by atoms with Gasteiger partial charge in [-0.2, -0.15) is 0 Å². The summed E-state index contributed by atoms with van der Waals surface area (Å²) in [4.78, 5) is 18.3. The summed E-state index contributed by atoms with van der Waals surface area (Å²) >= 11 is 0. The number of amides is 1. The summed E-state index contributed by atoms with van der Waals surface area (Å²) in [5, 5.41) is 16.6. The van der Waals surface area contributed by atoms with Crippen LogP contribution in [0.25, 0.3) is 0 Å². The number of rotatable bonds is 6. The monoisotopic (exact) mass is 358 g/mol. The number of nitrogens with one attached hydrogen (secondary N) is 2. The maximum absolute atomic E-state index is 11.8. The molecule has 1 aromatic carbocycles. The van der Waals surface area contributed by atoms with Crippen LogP contribution < -0.4 is 15.5 Å². The van der Waals surface area contributed by atoms with Crippen LogP contribution in [0.5, 0.6) is 0 Å². The topological polar surface area (TPSA) is 77.0 Å². The zero-order chi connectivity index (χ0) is 18.4. The SMILES string of the molecule is CCNC(=NCc1ccc(N2CCCC2=O)cc1)NCC1CCCC1O. The van der Waals surface area contributed by atoms with Gasteiger partial charge in [-0.25, -0.2) is 4.99 Å². The van der Waals surface area contributed by atoms with Crippen LogP contribution >= 0.6 is 0 Å². The summed E-state index contributed by atoms with van der Waals surface area (Å²) in [6.45, 7) is 5.00. The number of hydrogen-bond acceptors (Lipinski definition) is 3. The molecule has 6 heteroatoms.